The van der Waals surface area contributed by atoms with Crippen molar-refractivity contribution >= 4 is 34.2 Å². The van der Waals surface area contributed by atoms with Crippen LogP contribution in [0.25, 0.3) is 16.7 Å². The molecular formula is C24H23ClN4O2. The molecule has 1 aliphatic carbocycles. The number of rotatable bonds is 4. The third kappa shape index (κ3) is 3.72. The molecule has 1 fully saturated rings. The van der Waals surface area contributed by atoms with Gasteiger partial charge in [-0.1, -0.05) is 61.2 Å². The van der Waals surface area contributed by atoms with Gasteiger partial charge in [0.05, 0.1) is 17.4 Å². The summed E-state index contributed by atoms with van der Waals surface area (Å²) in [5, 5.41) is 4.27. The van der Waals surface area contributed by atoms with Gasteiger partial charge < -0.3 is 5.32 Å². The zero-order valence-corrected chi connectivity index (χ0v) is 17.8. The number of imidazole rings is 1. The highest BCUT2D eigenvalue weighted by Gasteiger charge is 2.21. The van der Waals surface area contributed by atoms with Crippen molar-refractivity contribution in [2.45, 2.75) is 44.7 Å². The van der Waals surface area contributed by atoms with E-state index >= 15 is 0 Å². The molecule has 4 aromatic rings. The Morgan fingerprint density at radius 2 is 1.81 bits per heavy atom. The molecule has 6 nitrogen and oxygen atoms in total. The second kappa shape index (κ2) is 8.19. The Hall–Kier alpha value is -3.12. The molecule has 1 amide bonds. The molecule has 2 aromatic heterocycles. The van der Waals surface area contributed by atoms with Gasteiger partial charge >= 0.3 is 0 Å². The van der Waals surface area contributed by atoms with Crippen molar-refractivity contribution in [3.8, 4) is 0 Å². The van der Waals surface area contributed by atoms with E-state index in [1.54, 1.807) is 22.9 Å². The normalized spacial score (nSPS) is 14.9. The molecule has 0 bridgehead atoms. The maximum atomic E-state index is 13.3. The standard InChI is InChI=1S/C24H23ClN4O2/c25-19-12-6-4-8-16(19)14-29-23(31)18-11-5-7-13-21(18)28-15-20(27-24(28)29)22(30)26-17-9-2-1-3-10-17/h4-8,11-13,15,17H,1-3,9-10,14H2,(H,26,30). The number of nitrogens with zero attached hydrogens (tertiary/aromatic N) is 3. The van der Waals surface area contributed by atoms with Crippen molar-refractivity contribution in [3.63, 3.8) is 0 Å². The number of carbonyl (C=O) groups excluding carboxylic acids is 1. The summed E-state index contributed by atoms with van der Waals surface area (Å²) in [7, 11) is 0. The predicted molar refractivity (Wildman–Crippen MR) is 122 cm³/mol. The minimum atomic E-state index is -0.198. The van der Waals surface area contributed by atoms with Crippen molar-refractivity contribution in [3.05, 3.63) is 81.4 Å². The van der Waals surface area contributed by atoms with Crippen molar-refractivity contribution in [1.82, 2.24) is 19.3 Å². The maximum absolute atomic E-state index is 13.3. The van der Waals surface area contributed by atoms with Gasteiger partial charge in [-0.3, -0.25) is 18.6 Å². The third-order valence-electron chi connectivity index (χ3n) is 6.03. The first kappa shape index (κ1) is 19.8. The first-order valence-corrected chi connectivity index (χ1v) is 11.0. The van der Waals surface area contributed by atoms with E-state index in [9.17, 15) is 9.59 Å². The lowest BCUT2D eigenvalue weighted by molar-refractivity contribution is 0.0923. The van der Waals surface area contributed by atoms with Crippen molar-refractivity contribution < 1.29 is 4.79 Å². The Morgan fingerprint density at radius 3 is 2.61 bits per heavy atom. The number of para-hydroxylation sites is 1. The van der Waals surface area contributed by atoms with E-state index in [1.807, 2.05) is 40.8 Å². The van der Waals surface area contributed by atoms with E-state index in [1.165, 1.54) is 6.42 Å². The molecule has 0 spiro atoms. The Labute approximate surface area is 184 Å². The summed E-state index contributed by atoms with van der Waals surface area (Å²) in [6, 6.07) is 15.0. The Morgan fingerprint density at radius 1 is 1.06 bits per heavy atom. The SMILES string of the molecule is O=C(NC1CCCCC1)c1cn2c3ccccc3c(=O)n(Cc3ccccc3Cl)c2n1. The topological polar surface area (TPSA) is 68.4 Å². The average Bonchev–Trinajstić information content (AvgIpc) is 3.24. The summed E-state index contributed by atoms with van der Waals surface area (Å²) in [6.07, 6.45) is 7.22. The smallest absolute Gasteiger partial charge is 0.271 e. The molecule has 5 rings (SSSR count). The van der Waals surface area contributed by atoms with Gasteiger partial charge in [0.25, 0.3) is 11.5 Å². The van der Waals surface area contributed by atoms with Crippen LogP contribution < -0.4 is 10.9 Å². The summed E-state index contributed by atoms with van der Waals surface area (Å²) in [5.74, 6) is 0.230. The highest BCUT2D eigenvalue weighted by Crippen LogP contribution is 2.21. The number of hydrogen-bond donors (Lipinski definition) is 1. The highest BCUT2D eigenvalue weighted by atomic mass is 35.5. The largest absolute Gasteiger partial charge is 0.348 e. The van der Waals surface area contributed by atoms with Crippen molar-refractivity contribution in [1.29, 1.82) is 0 Å². The number of carbonyl (C=O) groups is 1. The molecule has 7 heteroatoms. The summed E-state index contributed by atoms with van der Waals surface area (Å²) < 4.78 is 3.41. The molecular weight excluding hydrogens is 412 g/mol. The van der Waals surface area contributed by atoms with Gasteiger partial charge in [-0.05, 0) is 36.6 Å². The zero-order valence-electron chi connectivity index (χ0n) is 17.1. The molecule has 0 unspecified atom stereocenters. The predicted octanol–water partition coefficient (Wildman–Crippen LogP) is 4.41. The van der Waals surface area contributed by atoms with Crippen LogP contribution in [0.15, 0.2) is 59.5 Å². The van der Waals surface area contributed by atoms with Crippen LogP contribution >= 0.6 is 11.6 Å². The summed E-state index contributed by atoms with van der Waals surface area (Å²) >= 11 is 6.35. The zero-order chi connectivity index (χ0) is 21.4. The molecule has 2 aromatic carbocycles. The second-order valence-corrected chi connectivity index (χ2v) is 8.51. The van der Waals surface area contributed by atoms with Crippen molar-refractivity contribution in [2.75, 3.05) is 0 Å². The number of amides is 1. The molecule has 31 heavy (non-hydrogen) atoms. The Kier molecular flexibility index (Phi) is 5.24. The number of halogens is 1. The lowest BCUT2D eigenvalue weighted by Gasteiger charge is -2.22. The van der Waals surface area contributed by atoms with Crippen LogP contribution in [0.5, 0.6) is 0 Å². The summed E-state index contributed by atoms with van der Waals surface area (Å²) in [6.45, 7) is 0.271. The van der Waals surface area contributed by atoms with Crippen LogP contribution in [-0.2, 0) is 6.54 Å². The monoisotopic (exact) mass is 434 g/mol. The minimum absolute atomic E-state index is 0.159. The summed E-state index contributed by atoms with van der Waals surface area (Å²) in [5.41, 5.74) is 1.70. The molecule has 1 N–H and O–H groups in total. The number of benzene rings is 2. The fourth-order valence-corrected chi connectivity index (χ4v) is 4.59. The molecule has 0 radical (unpaired) electrons. The first-order chi connectivity index (χ1) is 15.1. The Balaban J connectivity index is 1.63. The van der Waals surface area contributed by atoms with Crippen molar-refractivity contribution in [2.24, 2.45) is 0 Å². The van der Waals surface area contributed by atoms with Gasteiger partial charge in [0.15, 0.2) is 0 Å². The minimum Gasteiger partial charge on any atom is -0.348 e. The quantitative estimate of drug-likeness (QED) is 0.517. The molecule has 0 atom stereocenters. The number of nitrogens with one attached hydrogen (secondary N) is 1. The molecule has 0 aliphatic heterocycles. The van der Waals surface area contributed by atoms with E-state index in [0.717, 1.165) is 36.8 Å². The lowest BCUT2D eigenvalue weighted by atomic mass is 9.95. The lowest BCUT2D eigenvalue weighted by Crippen LogP contribution is -2.36. The summed E-state index contributed by atoms with van der Waals surface area (Å²) in [4.78, 5) is 30.8. The molecule has 0 saturated heterocycles. The third-order valence-corrected chi connectivity index (χ3v) is 6.40. The highest BCUT2D eigenvalue weighted by molar-refractivity contribution is 6.31. The van der Waals surface area contributed by atoms with Crippen LogP contribution in [0.2, 0.25) is 5.02 Å². The van der Waals surface area contributed by atoms with E-state index in [4.69, 9.17) is 11.6 Å². The number of aromatic nitrogens is 3. The Bertz CT molecular complexity index is 1330. The first-order valence-electron chi connectivity index (χ1n) is 10.7. The van der Waals surface area contributed by atoms with Gasteiger partial charge in [0, 0.05) is 17.3 Å². The van der Waals surface area contributed by atoms with Gasteiger partial charge in [0.2, 0.25) is 5.78 Å². The fraction of sp³-hybridized carbons (Fsp3) is 0.292. The van der Waals surface area contributed by atoms with Crippen LogP contribution in [0, 0.1) is 0 Å². The van der Waals surface area contributed by atoms with Gasteiger partial charge in [0.1, 0.15) is 5.69 Å². The van der Waals surface area contributed by atoms with E-state index < -0.39 is 0 Å². The van der Waals surface area contributed by atoms with E-state index in [0.29, 0.717) is 21.9 Å². The molecule has 158 valence electrons. The van der Waals surface area contributed by atoms with Crippen LogP contribution in [0.3, 0.4) is 0 Å². The molecule has 2 heterocycles. The van der Waals surface area contributed by atoms with Gasteiger partial charge in [-0.15, -0.1) is 0 Å². The fourth-order valence-electron chi connectivity index (χ4n) is 4.39. The molecule has 1 saturated carbocycles. The van der Waals surface area contributed by atoms with Crippen LogP contribution in [-0.4, -0.2) is 25.9 Å². The molecule has 1 aliphatic rings. The van der Waals surface area contributed by atoms with Crippen LogP contribution in [0.1, 0.15) is 48.2 Å². The average molecular weight is 435 g/mol. The van der Waals surface area contributed by atoms with Crippen LogP contribution in [0.4, 0.5) is 0 Å². The van der Waals surface area contributed by atoms with E-state index in [-0.39, 0.29) is 24.1 Å². The van der Waals surface area contributed by atoms with Gasteiger partial charge in [-0.25, -0.2) is 4.98 Å². The number of hydrogen-bond acceptors (Lipinski definition) is 3. The van der Waals surface area contributed by atoms with E-state index in [2.05, 4.69) is 10.3 Å². The second-order valence-electron chi connectivity index (χ2n) is 8.10. The maximum Gasteiger partial charge on any atom is 0.271 e. The number of fused-ring (bicyclic) bond motifs is 3. The van der Waals surface area contributed by atoms with Gasteiger partial charge in [-0.2, -0.15) is 0 Å².